The maximum Gasteiger partial charge on any atom is 0.246 e. The Morgan fingerprint density at radius 1 is 1.06 bits per heavy atom. The van der Waals surface area contributed by atoms with E-state index in [4.69, 9.17) is 5.73 Å². The first-order valence-electron chi connectivity index (χ1n) is 10.1. The van der Waals surface area contributed by atoms with E-state index in [0.717, 1.165) is 10.4 Å². The minimum atomic E-state index is -0.379. The second kappa shape index (κ2) is 10.0. The van der Waals surface area contributed by atoms with Crippen LogP contribution in [0.15, 0.2) is 66.2 Å². The van der Waals surface area contributed by atoms with E-state index in [-0.39, 0.29) is 30.6 Å². The molecule has 0 saturated heterocycles. The monoisotopic (exact) mass is 464 g/mol. The van der Waals surface area contributed by atoms with Gasteiger partial charge in [0.15, 0.2) is 0 Å². The van der Waals surface area contributed by atoms with Gasteiger partial charge < -0.3 is 16.4 Å². The summed E-state index contributed by atoms with van der Waals surface area (Å²) < 4.78 is 14.3. The van der Waals surface area contributed by atoms with Crippen LogP contribution in [0.5, 0.6) is 0 Å². The van der Waals surface area contributed by atoms with Gasteiger partial charge in [-0.05, 0) is 53.4 Å². The van der Waals surface area contributed by atoms with Gasteiger partial charge in [-0.1, -0.05) is 17.3 Å². The number of carbonyl (C=O) groups excluding carboxylic acids is 2. The number of aromatic nitrogens is 3. The molecule has 4 rings (SSSR count). The number of halogens is 1. The van der Waals surface area contributed by atoms with Crippen molar-refractivity contribution < 1.29 is 14.0 Å². The molecule has 0 saturated carbocycles. The number of nitrogens with one attached hydrogen (secondary N) is 2. The number of nitrogens with zero attached hydrogens (tertiary/aromatic N) is 3. The number of benzene rings is 2. The molecule has 8 nitrogen and oxygen atoms in total. The molecular weight excluding hydrogens is 443 g/mol. The first kappa shape index (κ1) is 22.2. The van der Waals surface area contributed by atoms with E-state index in [1.165, 1.54) is 28.9 Å². The molecule has 0 atom stereocenters. The van der Waals surface area contributed by atoms with Crippen LogP contribution in [0.3, 0.4) is 0 Å². The molecular formula is C23H21FN6O2S. The zero-order valence-corrected chi connectivity index (χ0v) is 18.3. The molecule has 4 aromatic rings. The average molecular weight is 465 g/mol. The molecule has 0 spiro atoms. The highest BCUT2D eigenvalue weighted by molar-refractivity contribution is 7.13. The lowest BCUT2D eigenvalue weighted by molar-refractivity contribution is -0.117. The summed E-state index contributed by atoms with van der Waals surface area (Å²) in [4.78, 5) is 25.6. The Bertz CT molecular complexity index is 1250. The van der Waals surface area contributed by atoms with E-state index in [1.54, 1.807) is 23.6 Å². The number of anilines is 3. The summed E-state index contributed by atoms with van der Waals surface area (Å²) in [5, 5.41) is 15.4. The normalized spacial score (nSPS) is 10.7. The number of nitrogens with two attached hydrogens (primary N) is 1. The Kier molecular flexibility index (Phi) is 6.75. The lowest BCUT2D eigenvalue weighted by Crippen LogP contribution is -2.19. The Hall–Kier alpha value is -4.05. The summed E-state index contributed by atoms with van der Waals surface area (Å²) in [6, 6.07) is 15.0. The summed E-state index contributed by atoms with van der Waals surface area (Å²) in [6.07, 6.45) is 2.16. The third kappa shape index (κ3) is 6.01. The molecule has 0 bridgehead atoms. The second-order valence-electron chi connectivity index (χ2n) is 7.29. The molecule has 0 radical (unpaired) electrons. The van der Waals surface area contributed by atoms with Gasteiger partial charge in [0.2, 0.25) is 11.8 Å². The van der Waals surface area contributed by atoms with E-state index in [2.05, 4.69) is 20.9 Å². The molecule has 0 aliphatic carbocycles. The Balaban J connectivity index is 1.28. The molecule has 0 unspecified atom stereocenters. The van der Waals surface area contributed by atoms with Crippen molar-refractivity contribution in [2.24, 2.45) is 0 Å². The van der Waals surface area contributed by atoms with Crippen molar-refractivity contribution >= 4 is 40.2 Å². The highest BCUT2D eigenvalue weighted by atomic mass is 32.1. The molecule has 10 heteroatoms. The summed E-state index contributed by atoms with van der Waals surface area (Å²) in [5.74, 6) is -0.901. The maximum atomic E-state index is 13.0. The topological polar surface area (TPSA) is 115 Å². The van der Waals surface area contributed by atoms with Crippen LogP contribution in [0, 0.1) is 5.82 Å². The molecule has 0 aliphatic heterocycles. The highest BCUT2D eigenvalue weighted by Crippen LogP contribution is 2.30. The smallest absolute Gasteiger partial charge is 0.246 e. The number of hydrogen-bond acceptors (Lipinski definition) is 6. The molecule has 168 valence electrons. The van der Waals surface area contributed by atoms with Gasteiger partial charge in [0, 0.05) is 29.6 Å². The summed E-state index contributed by atoms with van der Waals surface area (Å²) in [7, 11) is 0. The zero-order valence-electron chi connectivity index (χ0n) is 17.5. The number of nitrogen functional groups attached to an aromatic ring is 1. The van der Waals surface area contributed by atoms with Crippen LogP contribution < -0.4 is 16.4 Å². The summed E-state index contributed by atoms with van der Waals surface area (Å²) >= 11 is 1.61. The van der Waals surface area contributed by atoms with Crippen molar-refractivity contribution in [3.05, 3.63) is 77.7 Å². The predicted octanol–water partition coefficient (Wildman–Crippen LogP) is 3.94. The average Bonchev–Trinajstić information content (AvgIpc) is 3.48. The number of thiophene rings is 1. The zero-order chi connectivity index (χ0) is 23.2. The molecule has 2 aromatic heterocycles. The van der Waals surface area contributed by atoms with E-state index in [1.807, 2.05) is 29.6 Å². The predicted molar refractivity (Wildman–Crippen MR) is 126 cm³/mol. The Morgan fingerprint density at radius 3 is 2.64 bits per heavy atom. The minimum absolute atomic E-state index is 0.0530. The van der Waals surface area contributed by atoms with Crippen molar-refractivity contribution in [1.29, 1.82) is 0 Å². The third-order valence-electron chi connectivity index (χ3n) is 4.76. The maximum absolute atomic E-state index is 13.0. The number of amides is 2. The van der Waals surface area contributed by atoms with Gasteiger partial charge in [0.05, 0.1) is 17.1 Å². The lowest BCUT2D eigenvalue weighted by atomic mass is 10.1. The standard InChI is InChI=1S/C23H21FN6O2S/c24-16-4-6-17(7-5-16)26-23(32)14-30-13-18(28-29-30)8-10-22(31)27-20-12-15(3-9-19(20)25)21-2-1-11-33-21/h1-7,9,11-13H,8,10,14,25H2,(H,26,32)(H,27,31). The van der Waals surface area contributed by atoms with Crippen molar-refractivity contribution in [1.82, 2.24) is 15.0 Å². The largest absolute Gasteiger partial charge is 0.397 e. The molecule has 0 fully saturated rings. The van der Waals surface area contributed by atoms with Crippen molar-refractivity contribution in [3.8, 4) is 10.4 Å². The number of carbonyl (C=O) groups is 2. The molecule has 33 heavy (non-hydrogen) atoms. The van der Waals surface area contributed by atoms with Gasteiger partial charge >= 0.3 is 0 Å². The fraction of sp³-hybridized carbons (Fsp3) is 0.130. The van der Waals surface area contributed by atoms with Crippen LogP contribution in [0.1, 0.15) is 12.1 Å². The van der Waals surface area contributed by atoms with Crippen LogP contribution in [0.4, 0.5) is 21.5 Å². The minimum Gasteiger partial charge on any atom is -0.397 e. The summed E-state index contributed by atoms with van der Waals surface area (Å²) in [6.45, 7) is -0.0530. The van der Waals surface area contributed by atoms with Gasteiger partial charge in [-0.2, -0.15) is 0 Å². The van der Waals surface area contributed by atoms with Crippen LogP contribution >= 0.6 is 11.3 Å². The lowest BCUT2D eigenvalue weighted by Gasteiger charge is -2.09. The van der Waals surface area contributed by atoms with Gasteiger partial charge in [-0.15, -0.1) is 16.4 Å². The molecule has 0 aliphatic rings. The highest BCUT2D eigenvalue weighted by Gasteiger charge is 2.11. The first-order valence-corrected chi connectivity index (χ1v) is 11.0. The van der Waals surface area contributed by atoms with Crippen molar-refractivity contribution in [3.63, 3.8) is 0 Å². The van der Waals surface area contributed by atoms with Crippen LogP contribution in [0.2, 0.25) is 0 Å². The number of rotatable bonds is 8. The van der Waals surface area contributed by atoms with Crippen LogP contribution in [0.25, 0.3) is 10.4 Å². The van der Waals surface area contributed by atoms with Gasteiger partial charge in [-0.3, -0.25) is 9.59 Å². The fourth-order valence-electron chi connectivity index (χ4n) is 3.13. The second-order valence-corrected chi connectivity index (χ2v) is 8.24. The Morgan fingerprint density at radius 2 is 1.88 bits per heavy atom. The van der Waals surface area contributed by atoms with Crippen molar-refractivity contribution in [2.75, 3.05) is 16.4 Å². The van der Waals surface area contributed by atoms with Gasteiger partial charge in [0.1, 0.15) is 12.4 Å². The van der Waals surface area contributed by atoms with Gasteiger partial charge in [0.25, 0.3) is 0 Å². The summed E-state index contributed by atoms with van der Waals surface area (Å²) in [5.41, 5.74) is 9.12. The van der Waals surface area contributed by atoms with Crippen molar-refractivity contribution in [2.45, 2.75) is 19.4 Å². The molecule has 4 N–H and O–H groups in total. The molecule has 2 heterocycles. The fourth-order valence-corrected chi connectivity index (χ4v) is 3.85. The first-order chi connectivity index (χ1) is 16.0. The third-order valence-corrected chi connectivity index (χ3v) is 5.68. The molecule has 2 amide bonds. The quantitative estimate of drug-likeness (QED) is 0.342. The van der Waals surface area contributed by atoms with E-state index in [9.17, 15) is 14.0 Å². The van der Waals surface area contributed by atoms with E-state index < -0.39 is 0 Å². The number of hydrogen-bond donors (Lipinski definition) is 3. The Labute approximate surface area is 193 Å². The van der Waals surface area contributed by atoms with Crippen LogP contribution in [-0.2, 0) is 22.6 Å². The van der Waals surface area contributed by atoms with E-state index in [0.29, 0.717) is 29.2 Å². The van der Waals surface area contributed by atoms with E-state index >= 15 is 0 Å². The van der Waals surface area contributed by atoms with Gasteiger partial charge in [-0.25, -0.2) is 9.07 Å². The molecule has 2 aromatic carbocycles. The van der Waals surface area contributed by atoms with Crippen LogP contribution in [-0.4, -0.2) is 26.8 Å². The SMILES string of the molecule is Nc1ccc(-c2cccs2)cc1NC(=O)CCc1cn(CC(=O)Nc2ccc(F)cc2)nn1. The number of aryl methyl sites for hydroxylation is 1.